The van der Waals surface area contributed by atoms with Crippen LogP contribution in [0.1, 0.15) is 0 Å². The molecule has 0 atom stereocenters. The second kappa shape index (κ2) is 13.6. The molecule has 62 heavy (non-hydrogen) atoms. The molecule has 0 N–H and O–H groups in total. The Morgan fingerprint density at radius 2 is 0.952 bits per heavy atom. The van der Waals surface area contributed by atoms with E-state index in [1.807, 2.05) is 18.2 Å². The van der Waals surface area contributed by atoms with Crippen LogP contribution >= 0.6 is 0 Å². The maximum absolute atomic E-state index is 7.02. The Labute approximate surface area is 355 Å². The van der Waals surface area contributed by atoms with Gasteiger partial charge in [-0.15, -0.1) is 0 Å². The van der Waals surface area contributed by atoms with Crippen LogP contribution in [0.15, 0.2) is 211 Å². The summed E-state index contributed by atoms with van der Waals surface area (Å²) in [6, 6.07) is 72.7. The van der Waals surface area contributed by atoms with E-state index in [1.165, 1.54) is 32.3 Å². The SMILES string of the molecule is c1ccc(-c2ccc(-c3nc(-c4cccc5ccccc45)nc(-c4ccc(-n5c6cc7ccccc7cc6c6ccc7ccccc7c65)c5oc6ccccc6c45)n3)cc2)cc1. The first-order chi connectivity index (χ1) is 30.7. The van der Waals surface area contributed by atoms with Crippen molar-refractivity contribution in [3.05, 3.63) is 206 Å². The van der Waals surface area contributed by atoms with Crippen molar-refractivity contribution in [2.24, 2.45) is 0 Å². The average Bonchev–Trinajstić information content (AvgIpc) is 3.89. The third-order valence-electron chi connectivity index (χ3n) is 12.4. The Kier molecular flexibility index (Phi) is 7.54. The van der Waals surface area contributed by atoms with E-state index in [0.717, 1.165) is 77.2 Å². The largest absolute Gasteiger partial charge is 0.454 e. The molecule has 3 aromatic heterocycles. The molecule has 0 bridgehead atoms. The second-order valence-electron chi connectivity index (χ2n) is 15.9. The Hall–Kier alpha value is -8.41. The lowest BCUT2D eigenvalue weighted by atomic mass is 10.0. The molecule has 0 aliphatic carbocycles. The van der Waals surface area contributed by atoms with Gasteiger partial charge in [0, 0.05) is 43.6 Å². The molecule has 0 amide bonds. The summed E-state index contributed by atoms with van der Waals surface area (Å²) in [5.74, 6) is 1.79. The van der Waals surface area contributed by atoms with Crippen LogP contribution in [0.2, 0.25) is 0 Å². The highest BCUT2D eigenvalue weighted by Crippen LogP contribution is 2.44. The molecule has 0 fully saturated rings. The van der Waals surface area contributed by atoms with Gasteiger partial charge in [0.15, 0.2) is 23.1 Å². The van der Waals surface area contributed by atoms with Gasteiger partial charge in [-0.25, -0.2) is 15.0 Å². The Morgan fingerprint density at radius 1 is 0.355 bits per heavy atom. The van der Waals surface area contributed by atoms with Gasteiger partial charge in [-0.05, 0) is 68.4 Å². The first kappa shape index (κ1) is 34.5. The van der Waals surface area contributed by atoms with E-state index in [2.05, 4.69) is 193 Å². The zero-order chi connectivity index (χ0) is 40.7. The maximum atomic E-state index is 7.02. The van der Waals surface area contributed by atoms with Crippen LogP contribution in [0, 0.1) is 0 Å². The van der Waals surface area contributed by atoms with Crippen molar-refractivity contribution < 1.29 is 4.42 Å². The summed E-state index contributed by atoms with van der Waals surface area (Å²) in [6.45, 7) is 0. The highest BCUT2D eigenvalue weighted by molar-refractivity contribution is 6.22. The predicted molar refractivity (Wildman–Crippen MR) is 256 cm³/mol. The number of hydrogen-bond donors (Lipinski definition) is 0. The number of aromatic nitrogens is 4. The van der Waals surface area contributed by atoms with Crippen LogP contribution < -0.4 is 0 Å². The van der Waals surface area contributed by atoms with Crippen LogP contribution in [-0.2, 0) is 0 Å². The molecule has 0 aliphatic rings. The van der Waals surface area contributed by atoms with Crippen molar-refractivity contribution in [1.82, 2.24) is 19.5 Å². The van der Waals surface area contributed by atoms with E-state index in [9.17, 15) is 0 Å². The van der Waals surface area contributed by atoms with Gasteiger partial charge < -0.3 is 8.98 Å². The molecule has 3 heterocycles. The fraction of sp³-hybridized carbons (Fsp3) is 0. The minimum Gasteiger partial charge on any atom is -0.454 e. The van der Waals surface area contributed by atoms with Crippen LogP contribution in [0.5, 0.6) is 0 Å². The zero-order valence-electron chi connectivity index (χ0n) is 33.3. The van der Waals surface area contributed by atoms with Gasteiger partial charge in [0.2, 0.25) is 0 Å². The lowest BCUT2D eigenvalue weighted by Gasteiger charge is -2.14. The molecule has 0 aliphatic heterocycles. The number of benzene rings is 10. The van der Waals surface area contributed by atoms with E-state index in [1.54, 1.807) is 0 Å². The normalized spacial score (nSPS) is 11.9. The van der Waals surface area contributed by atoms with Gasteiger partial charge in [0.1, 0.15) is 5.58 Å². The lowest BCUT2D eigenvalue weighted by Crippen LogP contribution is -2.02. The van der Waals surface area contributed by atoms with E-state index in [-0.39, 0.29) is 0 Å². The third kappa shape index (κ3) is 5.32. The number of fused-ring (bicyclic) bond motifs is 10. The van der Waals surface area contributed by atoms with Crippen molar-refractivity contribution in [3.63, 3.8) is 0 Å². The number of furan rings is 1. The molecule has 0 spiro atoms. The van der Waals surface area contributed by atoms with Crippen molar-refractivity contribution >= 4 is 76.1 Å². The molecular formula is C57H34N4O. The van der Waals surface area contributed by atoms with Gasteiger partial charge in [0.05, 0.1) is 16.7 Å². The molecule has 0 unspecified atom stereocenters. The topological polar surface area (TPSA) is 56.7 Å². The van der Waals surface area contributed by atoms with Gasteiger partial charge in [0.25, 0.3) is 0 Å². The first-order valence-electron chi connectivity index (χ1n) is 20.9. The quantitative estimate of drug-likeness (QED) is 0.174. The zero-order valence-corrected chi connectivity index (χ0v) is 33.3. The molecule has 288 valence electrons. The van der Waals surface area contributed by atoms with Crippen molar-refractivity contribution in [2.45, 2.75) is 0 Å². The van der Waals surface area contributed by atoms with Gasteiger partial charge >= 0.3 is 0 Å². The van der Waals surface area contributed by atoms with Gasteiger partial charge in [-0.2, -0.15) is 0 Å². The molecular weight excluding hydrogens is 757 g/mol. The summed E-state index contributed by atoms with van der Waals surface area (Å²) >= 11 is 0. The second-order valence-corrected chi connectivity index (χ2v) is 15.9. The molecule has 5 heteroatoms. The summed E-state index contributed by atoms with van der Waals surface area (Å²) in [7, 11) is 0. The van der Waals surface area contributed by atoms with Crippen molar-refractivity contribution in [3.8, 4) is 51.0 Å². The monoisotopic (exact) mass is 790 g/mol. The Morgan fingerprint density at radius 3 is 1.76 bits per heavy atom. The first-order valence-corrected chi connectivity index (χ1v) is 20.9. The van der Waals surface area contributed by atoms with Gasteiger partial charge in [-0.1, -0.05) is 176 Å². The van der Waals surface area contributed by atoms with Crippen LogP contribution in [0.3, 0.4) is 0 Å². The summed E-state index contributed by atoms with van der Waals surface area (Å²) in [4.78, 5) is 15.9. The standard InChI is InChI=1S/C57H34N4O/c1-2-13-35(14-3-1)36-25-27-39(28-26-36)55-58-56(45-23-12-19-37-15-6-8-20-42(37)45)60-57(59-55)47-31-32-49(54-52(47)46-22-10-11-24-51(46)62-54)61-50-34-41-18-5-4-17-40(41)33-48(50)44-30-29-38-16-7-9-21-43(38)53(44)61/h1-34H. The average molecular weight is 791 g/mol. The lowest BCUT2D eigenvalue weighted by molar-refractivity contribution is 0.666. The summed E-state index contributed by atoms with van der Waals surface area (Å²) in [5, 5.41) is 11.3. The maximum Gasteiger partial charge on any atom is 0.164 e. The number of nitrogens with zero attached hydrogens (tertiary/aromatic N) is 4. The number of rotatable bonds is 5. The molecule has 13 aromatic rings. The van der Waals surface area contributed by atoms with Crippen molar-refractivity contribution in [1.29, 1.82) is 0 Å². The van der Waals surface area contributed by atoms with E-state index >= 15 is 0 Å². The highest BCUT2D eigenvalue weighted by atomic mass is 16.3. The smallest absolute Gasteiger partial charge is 0.164 e. The Balaban J connectivity index is 1.10. The van der Waals surface area contributed by atoms with Crippen LogP contribution in [0.4, 0.5) is 0 Å². The van der Waals surface area contributed by atoms with Crippen LogP contribution in [0.25, 0.3) is 127 Å². The molecule has 5 nitrogen and oxygen atoms in total. The molecule has 13 rings (SSSR count). The molecule has 0 saturated heterocycles. The van der Waals surface area contributed by atoms with E-state index in [4.69, 9.17) is 19.4 Å². The predicted octanol–water partition coefficient (Wildman–Crippen LogP) is 15.0. The fourth-order valence-electron chi connectivity index (χ4n) is 9.50. The van der Waals surface area contributed by atoms with Crippen LogP contribution in [-0.4, -0.2) is 19.5 Å². The molecule has 0 radical (unpaired) electrons. The minimum atomic E-state index is 0.576. The van der Waals surface area contributed by atoms with Crippen molar-refractivity contribution in [2.75, 3.05) is 0 Å². The summed E-state index contributed by atoms with van der Waals surface area (Å²) < 4.78 is 9.42. The van der Waals surface area contributed by atoms with E-state index < -0.39 is 0 Å². The summed E-state index contributed by atoms with van der Waals surface area (Å²) in [5.41, 5.74) is 9.79. The van der Waals surface area contributed by atoms with Gasteiger partial charge in [-0.3, -0.25) is 0 Å². The third-order valence-corrected chi connectivity index (χ3v) is 12.4. The Bertz CT molecular complexity index is 3910. The highest BCUT2D eigenvalue weighted by Gasteiger charge is 2.24. The summed E-state index contributed by atoms with van der Waals surface area (Å²) in [6.07, 6.45) is 0. The number of hydrogen-bond acceptors (Lipinski definition) is 4. The fourth-order valence-corrected chi connectivity index (χ4v) is 9.50. The van der Waals surface area contributed by atoms with E-state index in [0.29, 0.717) is 17.5 Å². The minimum absolute atomic E-state index is 0.576. The number of para-hydroxylation sites is 1. The molecule has 0 saturated carbocycles. The molecule has 10 aromatic carbocycles.